The Morgan fingerprint density at radius 1 is 1.00 bits per heavy atom. The molecule has 1 aromatic carbocycles. The first-order valence-corrected chi connectivity index (χ1v) is 13.9. The average Bonchev–Trinajstić information content (AvgIpc) is 3.16. The molecule has 3 heterocycles. The van der Waals surface area contributed by atoms with Crippen LogP contribution in [0.2, 0.25) is 0 Å². The van der Waals surface area contributed by atoms with Crippen molar-refractivity contribution in [2.24, 2.45) is 5.92 Å². The van der Waals surface area contributed by atoms with E-state index in [9.17, 15) is 14.3 Å². The highest BCUT2D eigenvalue weighted by Crippen LogP contribution is 2.40. The maximum absolute atomic E-state index is 13.7. The van der Waals surface area contributed by atoms with Crippen LogP contribution in [0.4, 0.5) is 10.1 Å². The normalized spacial score (nSPS) is 29.9. The van der Waals surface area contributed by atoms with Gasteiger partial charge in [0.2, 0.25) is 12.3 Å². The fourth-order valence-corrected chi connectivity index (χ4v) is 7.25. The quantitative estimate of drug-likeness (QED) is 0.574. The third kappa shape index (κ3) is 5.43. The van der Waals surface area contributed by atoms with Crippen molar-refractivity contribution in [1.29, 1.82) is 0 Å². The summed E-state index contributed by atoms with van der Waals surface area (Å²) in [6, 6.07) is 7.99. The molecule has 4 aliphatic rings. The van der Waals surface area contributed by atoms with Gasteiger partial charge < -0.3 is 19.6 Å². The number of hydrogen-bond acceptors (Lipinski definition) is 5. The maximum Gasteiger partial charge on any atom is 0.230 e. The number of hydrogen-bond donors (Lipinski definition) is 1. The lowest BCUT2D eigenvalue weighted by Crippen LogP contribution is -2.57. The summed E-state index contributed by atoms with van der Waals surface area (Å²) in [5.74, 6) is 0.0821. The lowest BCUT2D eigenvalue weighted by Gasteiger charge is -2.47. The number of halogens is 1. The second-order valence-corrected chi connectivity index (χ2v) is 11.0. The van der Waals surface area contributed by atoms with Crippen LogP contribution >= 0.6 is 0 Å². The Balaban J connectivity index is 1.23. The van der Waals surface area contributed by atoms with Crippen LogP contribution in [0.5, 0.6) is 0 Å². The minimum Gasteiger partial charge on any atom is -0.356 e. The summed E-state index contributed by atoms with van der Waals surface area (Å²) in [4.78, 5) is 20.5. The van der Waals surface area contributed by atoms with Gasteiger partial charge in [-0.3, -0.25) is 4.79 Å². The topological polar surface area (TPSA) is 56.3 Å². The summed E-state index contributed by atoms with van der Waals surface area (Å²) >= 11 is 0. The first-order valence-electron chi connectivity index (χ1n) is 13.9. The first kappa shape index (κ1) is 25.1. The van der Waals surface area contributed by atoms with E-state index in [4.69, 9.17) is 4.74 Å². The molecule has 1 N–H and O–H groups in total. The predicted molar refractivity (Wildman–Crippen MR) is 134 cm³/mol. The molecule has 1 amide bonds. The Bertz CT molecular complexity index is 824. The summed E-state index contributed by atoms with van der Waals surface area (Å²) in [6.07, 6.45) is 11.0. The highest BCUT2D eigenvalue weighted by Gasteiger charge is 2.46. The third-order valence-electron chi connectivity index (χ3n) is 9.01. The number of aliphatic hydroxyl groups is 1. The molecule has 0 aromatic heterocycles. The van der Waals surface area contributed by atoms with E-state index in [0.717, 1.165) is 83.0 Å². The lowest BCUT2D eigenvalue weighted by atomic mass is 9.87. The summed E-state index contributed by atoms with van der Waals surface area (Å²) < 4.78 is 19.2. The van der Waals surface area contributed by atoms with Crippen LogP contribution in [0.25, 0.3) is 0 Å². The molecule has 35 heavy (non-hydrogen) atoms. The molecule has 1 aliphatic carbocycles. The van der Waals surface area contributed by atoms with Gasteiger partial charge in [-0.15, -0.1) is 0 Å². The van der Waals surface area contributed by atoms with Crippen molar-refractivity contribution in [3.8, 4) is 0 Å². The van der Waals surface area contributed by atoms with E-state index in [2.05, 4.69) is 9.80 Å². The number of likely N-dealkylation sites (tertiary alicyclic amines) is 1. The summed E-state index contributed by atoms with van der Waals surface area (Å²) in [7, 11) is 0. The van der Waals surface area contributed by atoms with Crippen LogP contribution in [0, 0.1) is 11.7 Å². The van der Waals surface area contributed by atoms with E-state index in [0.29, 0.717) is 24.7 Å². The van der Waals surface area contributed by atoms with Gasteiger partial charge in [0.15, 0.2) is 0 Å². The standard InChI is InChI=1S/C28H42FN3O3/c1-2-35-28(34)32-24-12-13-25(32)19-26(18-24)30-16-14-23(15-17-30)31(22-10-8-21(29)9-11-22)27(33)20-6-4-3-5-7-20/h8-11,20,23-26,28,34H,2-7,12-19H2,1H3. The number of anilines is 1. The van der Waals surface area contributed by atoms with Gasteiger partial charge in [-0.25, -0.2) is 9.29 Å². The van der Waals surface area contributed by atoms with Gasteiger partial charge in [0.05, 0.1) is 0 Å². The average molecular weight is 488 g/mol. The zero-order valence-corrected chi connectivity index (χ0v) is 21.2. The fraction of sp³-hybridized carbons (Fsp3) is 0.750. The second-order valence-electron chi connectivity index (χ2n) is 11.0. The number of carbonyl (C=O) groups is 1. The summed E-state index contributed by atoms with van der Waals surface area (Å²) in [5.41, 5.74) is 0.844. The van der Waals surface area contributed by atoms with E-state index < -0.39 is 6.41 Å². The number of amides is 1. The minimum atomic E-state index is -0.778. The van der Waals surface area contributed by atoms with Gasteiger partial charge in [-0.05, 0) is 82.6 Å². The van der Waals surface area contributed by atoms with E-state index >= 15 is 0 Å². The number of ether oxygens (including phenoxy) is 1. The Kier molecular flexibility index (Phi) is 8.07. The van der Waals surface area contributed by atoms with Crippen LogP contribution in [0.3, 0.4) is 0 Å². The summed E-state index contributed by atoms with van der Waals surface area (Å²) in [6.45, 7) is 4.42. The van der Waals surface area contributed by atoms with Crippen LogP contribution in [0.15, 0.2) is 24.3 Å². The zero-order chi connectivity index (χ0) is 24.4. The van der Waals surface area contributed by atoms with Crippen LogP contribution in [-0.4, -0.2) is 71.1 Å². The SMILES string of the molecule is CCOC(O)N1C2CCC1CC(N1CCC(N(C(=O)C3CCCCC3)c3ccc(F)cc3)CC1)C2. The molecule has 0 spiro atoms. The molecule has 3 atom stereocenters. The van der Waals surface area contributed by atoms with Crippen molar-refractivity contribution >= 4 is 11.6 Å². The molecular formula is C28H42FN3O3. The smallest absolute Gasteiger partial charge is 0.230 e. The third-order valence-corrected chi connectivity index (χ3v) is 9.01. The second kappa shape index (κ2) is 11.2. The molecule has 3 unspecified atom stereocenters. The Morgan fingerprint density at radius 2 is 1.63 bits per heavy atom. The van der Waals surface area contributed by atoms with Crippen LogP contribution < -0.4 is 4.90 Å². The fourth-order valence-electron chi connectivity index (χ4n) is 7.25. The van der Waals surface area contributed by atoms with E-state index in [-0.39, 0.29) is 23.7 Å². The molecule has 194 valence electrons. The van der Waals surface area contributed by atoms with Gasteiger partial charge >= 0.3 is 0 Å². The monoisotopic (exact) mass is 487 g/mol. The Morgan fingerprint density at radius 3 is 2.23 bits per heavy atom. The molecular weight excluding hydrogens is 445 g/mol. The maximum atomic E-state index is 13.7. The van der Waals surface area contributed by atoms with Crippen molar-refractivity contribution in [2.45, 2.75) is 108 Å². The summed E-state index contributed by atoms with van der Waals surface area (Å²) in [5, 5.41) is 10.5. The molecule has 1 saturated carbocycles. The number of nitrogens with zero attached hydrogens (tertiary/aromatic N) is 3. The molecule has 4 fully saturated rings. The van der Waals surface area contributed by atoms with Crippen molar-refractivity contribution in [1.82, 2.24) is 9.80 Å². The molecule has 3 aliphatic heterocycles. The first-order chi connectivity index (χ1) is 17.0. The van der Waals surface area contributed by atoms with Crippen molar-refractivity contribution < 1.29 is 19.0 Å². The van der Waals surface area contributed by atoms with Crippen molar-refractivity contribution in [3.05, 3.63) is 30.1 Å². The Labute approximate surface area is 209 Å². The molecule has 3 saturated heterocycles. The number of fused-ring (bicyclic) bond motifs is 2. The van der Waals surface area contributed by atoms with E-state index in [1.165, 1.54) is 18.6 Å². The molecule has 0 radical (unpaired) electrons. The largest absolute Gasteiger partial charge is 0.356 e. The lowest BCUT2D eigenvalue weighted by molar-refractivity contribution is -0.216. The van der Waals surface area contributed by atoms with Gasteiger partial charge in [-0.1, -0.05) is 19.3 Å². The predicted octanol–water partition coefficient (Wildman–Crippen LogP) is 4.51. The van der Waals surface area contributed by atoms with E-state index in [1.54, 1.807) is 12.1 Å². The number of carbonyl (C=O) groups excluding carboxylic acids is 1. The van der Waals surface area contributed by atoms with Crippen molar-refractivity contribution in [3.63, 3.8) is 0 Å². The van der Waals surface area contributed by atoms with Gasteiger partial charge in [0, 0.05) is 55.5 Å². The van der Waals surface area contributed by atoms with E-state index in [1.807, 2.05) is 11.8 Å². The molecule has 2 bridgehead atoms. The Hall–Kier alpha value is -1.54. The molecule has 6 nitrogen and oxygen atoms in total. The minimum absolute atomic E-state index is 0.101. The van der Waals surface area contributed by atoms with Crippen LogP contribution in [0.1, 0.15) is 77.6 Å². The van der Waals surface area contributed by atoms with Crippen molar-refractivity contribution in [2.75, 3.05) is 24.6 Å². The number of piperidine rings is 2. The molecule has 7 heteroatoms. The highest BCUT2D eigenvalue weighted by atomic mass is 19.1. The van der Waals surface area contributed by atoms with Gasteiger partial charge in [0.1, 0.15) is 5.82 Å². The number of aliphatic hydroxyl groups excluding tert-OH is 1. The van der Waals surface area contributed by atoms with Gasteiger partial charge in [0.25, 0.3) is 0 Å². The number of rotatable bonds is 7. The van der Waals surface area contributed by atoms with Crippen LogP contribution in [-0.2, 0) is 9.53 Å². The molecule has 5 rings (SSSR count). The highest BCUT2D eigenvalue weighted by molar-refractivity contribution is 5.95. The molecule has 1 aromatic rings. The zero-order valence-electron chi connectivity index (χ0n) is 21.2. The number of benzene rings is 1. The van der Waals surface area contributed by atoms with Gasteiger partial charge in [-0.2, -0.15) is 0 Å².